The number of carbonyl (C=O) groups excluding carboxylic acids is 2. The molecule has 0 amide bonds. The number of ether oxygens (including phenoxy) is 4. The molecule has 0 fully saturated rings. The monoisotopic (exact) mass is 1170 g/mol. The topological polar surface area (TPSA) is 71.1 Å². The number of esters is 2. The molecule has 0 atom stereocenters. The molecule has 9 rings (SSSR count). The summed E-state index contributed by atoms with van der Waals surface area (Å²) in [5, 5.41) is 0. The molecule has 87 heavy (non-hydrogen) atoms. The molecule has 0 N–H and O–H groups in total. The second-order valence-electron chi connectivity index (χ2n) is 25.6. The van der Waals surface area contributed by atoms with Crippen LogP contribution in [0.25, 0.3) is 55.6 Å². The van der Waals surface area contributed by atoms with Gasteiger partial charge in [0.25, 0.3) is 0 Å². The third-order valence-electron chi connectivity index (χ3n) is 19.9. The molecule has 3 aliphatic carbocycles. The first-order valence-electron chi connectivity index (χ1n) is 34.3. The Hall–Kier alpha value is -6.66. The third kappa shape index (κ3) is 14.1. The quantitative estimate of drug-likeness (QED) is 0.0219. The molecule has 0 saturated heterocycles. The van der Waals surface area contributed by atoms with Crippen LogP contribution in [0.3, 0.4) is 0 Å². The second-order valence-corrected chi connectivity index (χ2v) is 25.6. The molecule has 3 aliphatic rings. The van der Waals surface area contributed by atoms with Crippen LogP contribution >= 0.6 is 0 Å². The fraction of sp³-hybridized carbons (Fsp3) is 0.481. The predicted molar refractivity (Wildman–Crippen MR) is 363 cm³/mol. The van der Waals surface area contributed by atoms with Gasteiger partial charge >= 0.3 is 11.9 Å². The van der Waals surface area contributed by atoms with Crippen LogP contribution < -0.4 is 9.47 Å². The van der Waals surface area contributed by atoms with Crippen LogP contribution in [0.2, 0.25) is 0 Å². The van der Waals surface area contributed by atoms with Gasteiger partial charge < -0.3 is 18.9 Å². The molecule has 0 unspecified atom stereocenters. The summed E-state index contributed by atoms with van der Waals surface area (Å²) in [6.07, 6.45) is 30.9. The minimum absolute atomic E-state index is 0.0817. The minimum atomic E-state index is -0.352. The highest BCUT2D eigenvalue weighted by molar-refractivity contribution is 5.90. The number of carbonyl (C=O) groups is 2. The van der Waals surface area contributed by atoms with E-state index in [0.29, 0.717) is 26.4 Å². The van der Waals surface area contributed by atoms with Gasteiger partial charge in [0, 0.05) is 28.4 Å². The first-order valence-corrected chi connectivity index (χ1v) is 34.3. The summed E-state index contributed by atoms with van der Waals surface area (Å²) in [5.41, 5.74) is 22.3. The third-order valence-corrected chi connectivity index (χ3v) is 19.9. The van der Waals surface area contributed by atoms with Crippen molar-refractivity contribution in [3.63, 3.8) is 0 Å². The van der Waals surface area contributed by atoms with Crippen molar-refractivity contribution in [1.29, 1.82) is 0 Å². The van der Waals surface area contributed by atoms with E-state index in [2.05, 4.69) is 164 Å². The molecule has 0 bridgehead atoms. The van der Waals surface area contributed by atoms with Crippen LogP contribution in [0, 0.1) is 0 Å². The van der Waals surface area contributed by atoms with E-state index in [1.165, 1.54) is 140 Å². The fourth-order valence-electron chi connectivity index (χ4n) is 15.2. The summed E-state index contributed by atoms with van der Waals surface area (Å²) in [5.74, 6) is 1.23. The fourth-order valence-corrected chi connectivity index (χ4v) is 15.2. The van der Waals surface area contributed by atoms with Gasteiger partial charge in [-0.1, -0.05) is 192 Å². The maximum atomic E-state index is 11.5. The van der Waals surface area contributed by atoms with Crippen molar-refractivity contribution in [3.8, 4) is 67.1 Å². The van der Waals surface area contributed by atoms with Crippen LogP contribution in [0.4, 0.5) is 0 Å². The molecule has 6 nitrogen and oxygen atoms in total. The molecule has 6 aromatic rings. The highest BCUT2D eigenvalue weighted by Gasteiger charge is 2.46. The summed E-state index contributed by atoms with van der Waals surface area (Å²) in [6, 6.07) is 44.0. The first kappa shape index (κ1) is 64.8. The van der Waals surface area contributed by atoms with Crippen molar-refractivity contribution in [2.75, 3.05) is 26.4 Å². The van der Waals surface area contributed by atoms with Crippen molar-refractivity contribution in [2.45, 2.75) is 225 Å². The zero-order chi connectivity index (χ0) is 61.2. The zero-order valence-corrected chi connectivity index (χ0v) is 54.1. The van der Waals surface area contributed by atoms with Gasteiger partial charge in [0.05, 0.1) is 26.4 Å². The summed E-state index contributed by atoms with van der Waals surface area (Å²) >= 11 is 0. The smallest absolute Gasteiger partial charge is 0.330 e. The van der Waals surface area contributed by atoms with Gasteiger partial charge in [0.2, 0.25) is 0 Å². The van der Waals surface area contributed by atoms with Gasteiger partial charge in [0.15, 0.2) is 0 Å². The van der Waals surface area contributed by atoms with Crippen molar-refractivity contribution in [1.82, 2.24) is 0 Å². The van der Waals surface area contributed by atoms with Crippen LogP contribution in [0.15, 0.2) is 135 Å². The predicted octanol–water partition coefficient (Wildman–Crippen LogP) is 22.3. The summed E-state index contributed by atoms with van der Waals surface area (Å²) < 4.78 is 23.5. The number of hydrogen-bond acceptors (Lipinski definition) is 6. The number of benzene rings is 6. The van der Waals surface area contributed by atoms with E-state index in [4.69, 9.17) is 18.9 Å². The summed E-state index contributed by atoms with van der Waals surface area (Å²) in [6.45, 7) is 23.3. The molecule has 0 radical (unpaired) electrons. The highest BCUT2D eigenvalue weighted by Crippen LogP contribution is 2.60. The van der Waals surface area contributed by atoms with E-state index < -0.39 is 0 Å². The molecule has 0 aromatic heterocycles. The van der Waals surface area contributed by atoms with Crippen molar-refractivity contribution < 1.29 is 28.5 Å². The standard InChI is InChI=1S/C81H102O6/c1-9-17-43-79(44-18-10-2)71-53-59(61-33-39-67-69-41-35-63(84-49-27-23-25-29-51-86-77(82)15-7)57-75(69)80(45-19-11-3,46-20-12-4)73(67)55-61)31-37-65(71)66-38-32-60(54-72(66)79)62-34-40-68-70-42-36-64(85-50-28-24-26-30-52-87-78(83)16-8)58-76(70)81(47-21-13-5,48-22-14-6)74(68)56-62/h15-16,31-42,53-58H,7-14,17-30,43-52H2,1-6H3. The molecule has 0 aliphatic heterocycles. The average Bonchev–Trinajstić information content (AvgIpc) is 1.63. The van der Waals surface area contributed by atoms with Gasteiger partial charge in [-0.15, -0.1) is 0 Å². The molecule has 0 spiro atoms. The summed E-state index contributed by atoms with van der Waals surface area (Å²) in [7, 11) is 0. The van der Waals surface area contributed by atoms with Crippen molar-refractivity contribution in [2.24, 2.45) is 0 Å². The lowest BCUT2D eigenvalue weighted by Crippen LogP contribution is -2.26. The zero-order valence-electron chi connectivity index (χ0n) is 54.1. The highest BCUT2D eigenvalue weighted by atomic mass is 16.5. The Labute approximate surface area is 524 Å². The molecule has 6 aromatic carbocycles. The van der Waals surface area contributed by atoms with E-state index in [1.54, 1.807) is 0 Å². The molecule has 462 valence electrons. The lowest BCUT2D eigenvalue weighted by Gasteiger charge is -2.34. The maximum Gasteiger partial charge on any atom is 0.330 e. The van der Waals surface area contributed by atoms with Crippen LogP contribution in [0.5, 0.6) is 11.5 Å². The lowest BCUT2D eigenvalue weighted by molar-refractivity contribution is -0.138. The Morgan fingerprint density at radius 2 is 0.563 bits per heavy atom. The van der Waals surface area contributed by atoms with Gasteiger partial charge in [-0.3, -0.25) is 0 Å². The Bertz CT molecular complexity index is 3070. The molecule has 0 heterocycles. The largest absolute Gasteiger partial charge is 0.494 e. The van der Waals surface area contributed by atoms with Crippen LogP contribution in [-0.4, -0.2) is 38.4 Å². The number of hydrogen-bond donors (Lipinski definition) is 0. The lowest BCUT2D eigenvalue weighted by atomic mass is 9.69. The van der Waals surface area contributed by atoms with E-state index in [0.717, 1.165) is 140 Å². The van der Waals surface area contributed by atoms with Crippen molar-refractivity contribution >= 4 is 11.9 Å². The first-order chi connectivity index (χ1) is 42.6. The van der Waals surface area contributed by atoms with Gasteiger partial charge in [-0.2, -0.15) is 0 Å². The number of rotatable bonds is 38. The van der Waals surface area contributed by atoms with Gasteiger partial charge in [-0.25, -0.2) is 9.59 Å². The Morgan fingerprint density at radius 1 is 0.322 bits per heavy atom. The number of fused-ring (bicyclic) bond motifs is 9. The van der Waals surface area contributed by atoms with Crippen molar-refractivity contribution in [3.05, 3.63) is 168 Å². The minimum Gasteiger partial charge on any atom is -0.494 e. The van der Waals surface area contributed by atoms with E-state index >= 15 is 0 Å². The SMILES string of the molecule is C=CC(=O)OCCCCCCOc1ccc2c(c1)C(CCCC)(CCCC)c1cc(-c3ccc4c(c3)C(CCCC)(CCCC)c3cc(-c5ccc6c(c5)C(CCCC)(CCCC)c5cc(OCCCCCCOC(=O)C=C)ccc5-6)ccc3-4)ccc1-2. The van der Waals surface area contributed by atoms with E-state index in [9.17, 15) is 9.59 Å². The van der Waals surface area contributed by atoms with Crippen LogP contribution in [0.1, 0.15) is 242 Å². The molecular formula is C81H102O6. The number of unbranched alkanes of at least 4 members (excludes halogenated alkanes) is 12. The average molecular weight is 1170 g/mol. The summed E-state index contributed by atoms with van der Waals surface area (Å²) in [4.78, 5) is 22.9. The van der Waals surface area contributed by atoms with Gasteiger partial charge in [0.1, 0.15) is 11.5 Å². The molecular weight excluding hydrogens is 1070 g/mol. The normalized spacial score (nSPS) is 14.1. The Morgan fingerprint density at radius 3 is 0.816 bits per heavy atom. The van der Waals surface area contributed by atoms with E-state index in [-0.39, 0.29) is 28.2 Å². The van der Waals surface area contributed by atoms with Gasteiger partial charge in [-0.05, 0) is 227 Å². The maximum absolute atomic E-state index is 11.5. The Kier molecular flexibility index (Phi) is 23.1. The van der Waals surface area contributed by atoms with Crippen LogP contribution in [-0.2, 0) is 35.3 Å². The van der Waals surface area contributed by atoms with E-state index in [1.807, 2.05) is 0 Å². The Balaban J connectivity index is 1.03. The molecule has 6 heteroatoms. The molecule has 0 saturated carbocycles. The second kappa shape index (κ2) is 31.0.